The van der Waals surface area contributed by atoms with Crippen LogP contribution in [0, 0.1) is 0 Å². The van der Waals surface area contributed by atoms with Gasteiger partial charge in [0, 0.05) is 23.8 Å². The van der Waals surface area contributed by atoms with Crippen LogP contribution < -0.4 is 4.74 Å². The average Bonchev–Trinajstić information content (AvgIpc) is 3.23. The van der Waals surface area contributed by atoms with E-state index in [-0.39, 0.29) is 11.9 Å². The third kappa shape index (κ3) is 3.65. The molecule has 0 saturated carbocycles. The van der Waals surface area contributed by atoms with Gasteiger partial charge in [0.15, 0.2) is 0 Å². The summed E-state index contributed by atoms with van der Waals surface area (Å²) in [6.07, 6.45) is 1.94. The molecule has 0 fully saturated rings. The molecule has 1 aliphatic rings. The number of para-hydroxylation sites is 1. The van der Waals surface area contributed by atoms with Gasteiger partial charge in [-0.25, -0.2) is 9.99 Å². The number of hydrogen-bond acceptors (Lipinski definition) is 4. The molecule has 1 aromatic heterocycles. The molecule has 3 aromatic rings. The van der Waals surface area contributed by atoms with Crippen LogP contribution in [0.4, 0.5) is 0 Å². The fraction of sp³-hybridized carbons (Fsp3) is 0.292. The molecule has 5 nitrogen and oxygen atoms in total. The second-order valence-electron chi connectivity index (χ2n) is 7.31. The summed E-state index contributed by atoms with van der Waals surface area (Å²) < 4.78 is 5.41. The molecule has 154 valence electrons. The largest absolute Gasteiger partial charge is 0.494 e. The van der Waals surface area contributed by atoms with E-state index in [1.54, 1.807) is 12.1 Å². The molecule has 1 amide bonds. The summed E-state index contributed by atoms with van der Waals surface area (Å²) in [6, 6.07) is 15.8. The second-order valence-corrected chi connectivity index (χ2v) is 7.67. The number of amides is 1. The van der Waals surface area contributed by atoms with Crippen LogP contribution >= 0.6 is 11.6 Å². The number of rotatable bonds is 5. The van der Waals surface area contributed by atoms with Crippen LogP contribution in [0.1, 0.15) is 49.4 Å². The summed E-state index contributed by atoms with van der Waals surface area (Å²) in [6.45, 7) is 3.97. The normalized spacial score (nSPS) is 16.1. The van der Waals surface area contributed by atoms with Crippen LogP contribution in [0.5, 0.6) is 5.75 Å². The van der Waals surface area contributed by atoms with Gasteiger partial charge in [0.2, 0.25) is 5.91 Å². The van der Waals surface area contributed by atoms with Crippen molar-refractivity contribution in [1.29, 1.82) is 0 Å². The maximum absolute atomic E-state index is 12.7. The Hall–Kier alpha value is -2.92. The number of hydrogen-bond donors (Lipinski definition) is 0. The third-order valence-electron chi connectivity index (χ3n) is 5.53. The van der Waals surface area contributed by atoms with Crippen LogP contribution in [0.15, 0.2) is 53.6 Å². The number of aryl methyl sites for hydroxylation is 1. The maximum atomic E-state index is 12.7. The van der Waals surface area contributed by atoms with Crippen molar-refractivity contribution in [3.63, 3.8) is 0 Å². The van der Waals surface area contributed by atoms with E-state index in [4.69, 9.17) is 16.3 Å². The monoisotopic (exact) mass is 421 g/mol. The van der Waals surface area contributed by atoms with Crippen LogP contribution in [0.25, 0.3) is 10.9 Å². The number of benzene rings is 2. The van der Waals surface area contributed by atoms with Gasteiger partial charge in [0.1, 0.15) is 16.4 Å². The van der Waals surface area contributed by atoms with Crippen molar-refractivity contribution in [2.45, 2.75) is 39.2 Å². The van der Waals surface area contributed by atoms with Gasteiger partial charge in [-0.1, -0.05) is 61.8 Å². The summed E-state index contributed by atoms with van der Waals surface area (Å²) in [4.78, 5) is 17.3. The Labute approximate surface area is 181 Å². The molecule has 6 heteroatoms. The molecule has 0 saturated heterocycles. The van der Waals surface area contributed by atoms with Crippen molar-refractivity contribution in [3.05, 3.63) is 70.4 Å². The lowest BCUT2D eigenvalue weighted by atomic mass is 9.97. The standard InChI is InChI=1S/C24H24ClN3O2/c1-4-15-9-11-16(12-10-15)19-14-20(28(27-19)22(29)5-2)18-13-17-7-6-8-21(30-3)23(17)26-24(18)25/h6-13,20H,4-5,14H2,1-3H3/t20-/m1/s1. The van der Waals surface area contributed by atoms with Crippen molar-refractivity contribution in [3.8, 4) is 5.75 Å². The molecule has 0 bridgehead atoms. The summed E-state index contributed by atoms with van der Waals surface area (Å²) in [5.41, 5.74) is 4.67. The van der Waals surface area contributed by atoms with Crippen LogP contribution in [0.3, 0.4) is 0 Å². The predicted octanol–water partition coefficient (Wildman–Crippen LogP) is 5.55. The highest BCUT2D eigenvalue weighted by atomic mass is 35.5. The highest BCUT2D eigenvalue weighted by molar-refractivity contribution is 6.30. The molecule has 0 unspecified atom stereocenters. The number of fused-ring (bicyclic) bond motifs is 1. The number of aromatic nitrogens is 1. The first kappa shape index (κ1) is 20.4. The van der Waals surface area contributed by atoms with E-state index in [0.29, 0.717) is 29.3 Å². The SMILES string of the molecule is CCC(=O)N1N=C(c2ccc(CC)cc2)C[C@@H]1c1cc2cccc(OC)c2nc1Cl. The molecular formula is C24H24ClN3O2. The molecule has 0 radical (unpaired) electrons. The summed E-state index contributed by atoms with van der Waals surface area (Å²) in [5.74, 6) is 0.629. The van der Waals surface area contributed by atoms with E-state index in [9.17, 15) is 4.79 Å². The molecule has 30 heavy (non-hydrogen) atoms. The van der Waals surface area contributed by atoms with Gasteiger partial charge in [-0.2, -0.15) is 5.10 Å². The summed E-state index contributed by atoms with van der Waals surface area (Å²) >= 11 is 6.60. The van der Waals surface area contributed by atoms with Crippen LogP contribution in [-0.4, -0.2) is 28.7 Å². The van der Waals surface area contributed by atoms with E-state index in [2.05, 4.69) is 41.3 Å². The Kier molecular flexibility index (Phi) is 5.73. The Balaban J connectivity index is 1.75. The van der Waals surface area contributed by atoms with E-state index in [0.717, 1.165) is 28.6 Å². The molecule has 2 heterocycles. The van der Waals surface area contributed by atoms with Crippen molar-refractivity contribution in [1.82, 2.24) is 9.99 Å². The van der Waals surface area contributed by atoms with Gasteiger partial charge in [-0.15, -0.1) is 0 Å². The van der Waals surface area contributed by atoms with Crippen molar-refractivity contribution < 1.29 is 9.53 Å². The van der Waals surface area contributed by atoms with E-state index in [1.807, 2.05) is 31.2 Å². The molecule has 0 N–H and O–H groups in total. The predicted molar refractivity (Wildman–Crippen MR) is 120 cm³/mol. The van der Waals surface area contributed by atoms with Crippen molar-refractivity contribution in [2.24, 2.45) is 5.10 Å². The minimum atomic E-state index is -0.283. The first-order chi connectivity index (χ1) is 14.5. The molecule has 1 aliphatic heterocycles. The highest BCUT2D eigenvalue weighted by Gasteiger charge is 2.34. The molecule has 0 spiro atoms. The third-order valence-corrected chi connectivity index (χ3v) is 5.83. The number of carbonyl (C=O) groups excluding carboxylic acids is 1. The fourth-order valence-corrected chi connectivity index (χ4v) is 4.08. The molecule has 4 rings (SSSR count). The molecular weight excluding hydrogens is 398 g/mol. The molecule has 0 aliphatic carbocycles. The van der Waals surface area contributed by atoms with Gasteiger partial charge in [0.25, 0.3) is 0 Å². The number of pyridine rings is 1. The number of ether oxygens (including phenoxy) is 1. The lowest BCUT2D eigenvalue weighted by Gasteiger charge is -2.22. The van der Waals surface area contributed by atoms with Gasteiger partial charge >= 0.3 is 0 Å². The zero-order valence-electron chi connectivity index (χ0n) is 17.4. The van der Waals surface area contributed by atoms with E-state index >= 15 is 0 Å². The number of methoxy groups -OCH3 is 1. The number of hydrazone groups is 1. The van der Waals surface area contributed by atoms with Gasteiger partial charge in [0.05, 0.1) is 18.9 Å². The Morgan fingerprint density at radius 2 is 1.97 bits per heavy atom. The molecule has 2 aromatic carbocycles. The Morgan fingerprint density at radius 3 is 2.63 bits per heavy atom. The van der Waals surface area contributed by atoms with Crippen LogP contribution in [-0.2, 0) is 11.2 Å². The average molecular weight is 422 g/mol. The summed E-state index contributed by atoms with van der Waals surface area (Å²) in [7, 11) is 1.61. The van der Waals surface area contributed by atoms with Crippen molar-refractivity contribution >= 4 is 34.1 Å². The van der Waals surface area contributed by atoms with E-state index in [1.165, 1.54) is 5.56 Å². The van der Waals surface area contributed by atoms with Crippen LogP contribution in [0.2, 0.25) is 5.15 Å². The fourth-order valence-electron chi connectivity index (χ4n) is 3.82. The quantitative estimate of drug-likeness (QED) is 0.507. The number of halogens is 1. The lowest BCUT2D eigenvalue weighted by molar-refractivity contribution is -0.132. The Morgan fingerprint density at radius 1 is 1.20 bits per heavy atom. The minimum Gasteiger partial charge on any atom is -0.494 e. The molecule has 1 atom stereocenters. The van der Waals surface area contributed by atoms with Gasteiger partial charge in [-0.3, -0.25) is 4.79 Å². The number of nitrogens with zero attached hydrogens (tertiary/aromatic N) is 3. The lowest BCUT2D eigenvalue weighted by Crippen LogP contribution is -2.26. The summed E-state index contributed by atoms with van der Waals surface area (Å²) in [5, 5.41) is 7.53. The zero-order valence-corrected chi connectivity index (χ0v) is 18.1. The zero-order chi connectivity index (χ0) is 21.3. The van der Waals surface area contributed by atoms with Gasteiger partial charge in [-0.05, 0) is 29.7 Å². The minimum absolute atomic E-state index is 0.0398. The van der Waals surface area contributed by atoms with E-state index < -0.39 is 0 Å². The highest BCUT2D eigenvalue weighted by Crippen LogP contribution is 2.38. The van der Waals surface area contributed by atoms with Gasteiger partial charge < -0.3 is 4.74 Å². The first-order valence-electron chi connectivity index (χ1n) is 10.2. The van der Waals surface area contributed by atoms with Crippen molar-refractivity contribution in [2.75, 3.05) is 7.11 Å². The second kappa shape index (κ2) is 8.44. The topological polar surface area (TPSA) is 54.8 Å². The smallest absolute Gasteiger partial charge is 0.242 e. The maximum Gasteiger partial charge on any atom is 0.242 e. The number of carbonyl (C=O) groups is 1. The first-order valence-corrected chi connectivity index (χ1v) is 10.6. The Bertz CT molecular complexity index is 1130.